The molecule has 0 aliphatic heterocycles. The van der Waals surface area contributed by atoms with E-state index in [9.17, 15) is 0 Å². The highest BCUT2D eigenvalue weighted by molar-refractivity contribution is 5.56. The Morgan fingerprint density at radius 1 is 1.45 bits per heavy atom. The fourth-order valence-electron chi connectivity index (χ4n) is 0.927. The van der Waals surface area contributed by atoms with Crippen LogP contribution in [0.3, 0.4) is 0 Å². The number of benzene rings is 1. The normalized spacial score (nSPS) is 9.36. The van der Waals surface area contributed by atoms with Crippen molar-refractivity contribution in [2.75, 3.05) is 26.1 Å². The lowest BCUT2D eigenvalue weighted by molar-refractivity contribution is 0.415. The number of methoxy groups -OCH3 is 1. The highest BCUT2D eigenvalue weighted by atomic mass is 16.5. The van der Waals surface area contributed by atoms with Gasteiger partial charge in [0.1, 0.15) is 5.75 Å². The van der Waals surface area contributed by atoms with Gasteiger partial charge in [-0.25, -0.2) is 0 Å². The number of anilines is 1. The molecule has 0 bridgehead atoms. The highest BCUT2D eigenvalue weighted by Gasteiger charge is 2.01. The molecule has 0 saturated carbocycles. The Morgan fingerprint density at radius 3 is 2.64 bits per heavy atom. The molecule has 0 aliphatic carbocycles. The Hall–Kier alpha value is -1.18. The number of nitrogens with zero attached hydrogens (tertiary/aromatic N) is 1. The van der Waals surface area contributed by atoms with Gasteiger partial charge in [0.25, 0.3) is 0 Å². The monoisotopic (exact) mass is 150 g/mol. The molecule has 0 fully saturated rings. The standard InChI is InChI=1S/C9H12NO/c1-10(2)8-6-4-5-7-9(8)11-3/h4-5,7H,1-3H3. The summed E-state index contributed by atoms with van der Waals surface area (Å²) in [5.74, 6) is 0.859. The number of ether oxygens (including phenoxy) is 1. The lowest BCUT2D eigenvalue weighted by Gasteiger charge is -2.15. The van der Waals surface area contributed by atoms with Gasteiger partial charge >= 0.3 is 0 Å². The molecular formula is C9H12NO. The van der Waals surface area contributed by atoms with Crippen molar-refractivity contribution in [3.05, 3.63) is 24.3 Å². The van der Waals surface area contributed by atoms with Gasteiger partial charge in [-0.1, -0.05) is 12.1 Å². The van der Waals surface area contributed by atoms with Crippen molar-refractivity contribution in [2.45, 2.75) is 0 Å². The second-order valence-corrected chi connectivity index (χ2v) is 2.48. The number of para-hydroxylation sites is 1. The third-order valence-corrected chi connectivity index (χ3v) is 1.46. The average Bonchev–Trinajstić information content (AvgIpc) is 2.04. The van der Waals surface area contributed by atoms with Crippen LogP contribution < -0.4 is 9.64 Å². The minimum absolute atomic E-state index is 0.859. The van der Waals surface area contributed by atoms with Gasteiger partial charge in [0, 0.05) is 20.2 Å². The molecule has 0 saturated heterocycles. The van der Waals surface area contributed by atoms with Gasteiger partial charge in [0.15, 0.2) is 0 Å². The molecule has 0 amide bonds. The summed E-state index contributed by atoms with van der Waals surface area (Å²) in [7, 11) is 5.60. The Morgan fingerprint density at radius 2 is 2.18 bits per heavy atom. The summed E-state index contributed by atoms with van der Waals surface area (Å²) in [6, 6.07) is 8.79. The average molecular weight is 150 g/mol. The minimum atomic E-state index is 0.859. The molecule has 0 spiro atoms. The van der Waals surface area contributed by atoms with Gasteiger partial charge in [-0.15, -0.1) is 0 Å². The molecule has 0 aliphatic rings. The largest absolute Gasteiger partial charge is 0.495 e. The van der Waals surface area contributed by atoms with Crippen LogP contribution in [-0.2, 0) is 0 Å². The van der Waals surface area contributed by atoms with Crippen molar-refractivity contribution in [1.82, 2.24) is 0 Å². The van der Waals surface area contributed by atoms with Gasteiger partial charge in [-0.2, -0.15) is 0 Å². The van der Waals surface area contributed by atoms with E-state index < -0.39 is 0 Å². The van der Waals surface area contributed by atoms with Crippen LogP contribution in [0.2, 0.25) is 0 Å². The first-order valence-electron chi connectivity index (χ1n) is 3.47. The summed E-state index contributed by atoms with van der Waals surface area (Å²) in [6.45, 7) is 0. The Labute approximate surface area is 67.4 Å². The number of rotatable bonds is 2. The highest BCUT2D eigenvalue weighted by Crippen LogP contribution is 2.24. The van der Waals surface area contributed by atoms with Gasteiger partial charge in [-0.05, 0) is 6.07 Å². The zero-order chi connectivity index (χ0) is 8.27. The maximum atomic E-state index is 5.13. The molecule has 2 heteroatoms. The first-order chi connectivity index (χ1) is 5.25. The van der Waals surface area contributed by atoms with Crippen molar-refractivity contribution >= 4 is 5.69 Å². The summed E-state index contributed by atoms with van der Waals surface area (Å²) >= 11 is 0. The molecule has 0 unspecified atom stereocenters. The molecule has 1 radical (unpaired) electrons. The van der Waals surface area contributed by atoms with Gasteiger partial charge in [0.05, 0.1) is 12.8 Å². The third kappa shape index (κ3) is 1.64. The van der Waals surface area contributed by atoms with E-state index >= 15 is 0 Å². The molecule has 0 N–H and O–H groups in total. The molecule has 0 aromatic heterocycles. The van der Waals surface area contributed by atoms with Crippen molar-refractivity contribution < 1.29 is 4.74 Å². The second kappa shape index (κ2) is 3.28. The SMILES string of the molecule is COc1ccc[c]c1N(C)C. The summed E-state index contributed by atoms with van der Waals surface area (Å²) in [6.07, 6.45) is 0. The van der Waals surface area contributed by atoms with Crippen LogP contribution in [-0.4, -0.2) is 21.2 Å². The maximum absolute atomic E-state index is 5.13. The Bertz CT molecular complexity index is 233. The molecule has 1 aromatic rings. The van der Waals surface area contributed by atoms with Gasteiger partial charge < -0.3 is 9.64 Å². The zero-order valence-electron chi connectivity index (χ0n) is 7.09. The Balaban J connectivity index is 3.02. The van der Waals surface area contributed by atoms with E-state index in [4.69, 9.17) is 4.74 Å². The summed E-state index contributed by atoms with van der Waals surface area (Å²) in [5, 5.41) is 0. The zero-order valence-corrected chi connectivity index (χ0v) is 7.09. The molecule has 0 atom stereocenters. The lowest BCUT2D eigenvalue weighted by atomic mass is 10.3. The van der Waals surface area contributed by atoms with E-state index in [1.807, 2.05) is 37.2 Å². The second-order valence-electron chi connectivity index (χ2n) is 2.48. The van der Waals surface area contributed by atoms with E-state index in [2.05, 4.69) is 6.07 Å². The topological polar surface area (TPSA) is 12.5 Å². The molecular weight excluding hydrogens is 138 g/mol. The smallest absolute Gasteiger partial charge is 0.142 e. The minimum Gasteiger partial charge on any atom is -0.495 e. The predicted molar refractivity (Wildman–Crippen MR) is 46.2 cm³/mol. The summed E-state index contributed by atoms with van der Waals surface area (Å²) in [4.78, 5) is 1.97. The van der Waals surface area contributed by atoms with Crippen LogP contribution in [0.1, 0.15) is 0 Å². The van der Waals surface area contributed by atoms with Crippen molar-refractivity contribution in [2.24, 2.45) is 0 Å². The molecule has 1 rings (SSSR count). The molecule has 11 heavy (non-hydrogen) atoms. The van der Waals surface area contributed by atoms with Gasteiger partial charge in [-0.3, -0.25) is 0 Å². The molecule has 2 nitrogen and oxygen atoms in total. The fourth-order valence-corrected chi connectivity index (χ4v) is 0.927. The van der Waals surface area contributed by atoms with Crippen LogP contribution in [0.5, 0.6) is 5.75 Å². The first-order valence-corrected chi connectivity index (χ1v) is 3.47. The maximum Gasteiger partial charge on any atom is 0.142 e. The van der Waals surface area contributed by atoms with Crippen LogP contribution in [0.15, 0.2) is 18.2 Å². The van der Waals surface area contributed by atoms with E-state index in [0.29, 0.717) is 0 Å². The predicted octanol–water partition coefficient (Wildman–Crippen LogP) is 1.56. The molecule has 59 valence electrons. The van der Waals surface area contributed by atoms with Crippen LogP contribution in [0.4, 0.5) is 5.69 Å². The van der Waals surface area contributed by atoms with Crippen molar-refractivity contribution in [3.8, 4) is 5.75 Å². The number of hydrogen-bond donors (Lipinski definition) is 0. The summed E-state index contributed by atoms with van der Waals surface area (Å²) in [5.41, 5.74) is 0.981. The number of hydrogen-bond acceptors (Lipinski definition) is 2. The third-order valence-electron chi connectivity index (χ3n) is 1.46. The van der Waals surface area contributed by atoms with Crippen molar-refractivity contribution in [3.63, 3.8) is 0 Å². The van der Waals surface area contributed by atoms with Crippen LogP contribution >= 0.6 is 0 Å². The van der Waals surface area contributed by atoms with Gasteiger partial charge in [0.2, 0.25) is 0 Å². The quantitative estimate of drug-likeness (QED) is 0.634. The van der Waals surface area contributed by atoms with E-state index in [1.54, 1.807) is 7.11 Å². The first kappa shape index (κ1) is 7.92. The van der Waals surface area contributed by atoms with Crippen molar-refractivity contribution in [1.29, 1.82) is 0 Å². The fraction of sp³-hybridized carbons (Fsp3) is 0.333. The van der Waals surface area contributed by atoms with Crippen LogP contribution in [0, 0.1) is 6.07 Å². The Kier molecular flexibility index (Phi) is 2.36. The van der Waals surface area contributed by atoms with Crippen LogP contribution in [0.25, 0.3) is 0 Å². The molecule has 1 aromatic carbocycles. The molecule has 0 heterocycles. The van der Waals surface area contributed by atoms with E-state index in [1.165, 1.54) is 0 Å². The van der Waals surface area contributed by atoms with E-state index in [0.717, 1.165) is 11.4 Å². The summed E-state index contributed by atoms with van der Waals surface area (Å²) < 4.78 is 5.13. The van der Waals surface area contributed by atoms with E-state index in [-0.39, 0.29) is 0 Å². The lowest BCUT2D eigenvalue weighted by Crippen LogP contribution is -2.09.